The van der Waals surface area contributed by atoms with Crippen LogP contribution in [0.1, 0.15) is 33.8 Å². The lowest BCUT2D eigenvalue weighted by atomic mass is 10.3. The molecule has 28 heavy (non-hydrogen) atoms. The Bertz CT molecular complexity index is 834. The van der Waals surface area contributed by atoms with Gasteiger partial charge in [-0.25, -0.2) is 9.78 Å². The third-order valence-electron chi connectivity index (χ3n) is 4.32. The maximum atomic E-state index is 12.5. The Morgan fingerprint density at radius 1 is 1.39 bits per heavy atom. The predicted molar refractivity (Wildman–Crippen MR) is 98.4 cm³/mol. The number of rotatable bonds is 7. The van der Waals surface area contributed by atoms with Crippen LogP contribution in [-0.2, 0) is 6.54 Å². The number of urea groups is 1. The van der Waals surface area contributed by atoms with Crippen molar-refractivity contribution in [2.75, 3.05) is 24.5 Å². The van der Waals surface area contributed by atoms with E-state index in [9.17, 15) is 22.8 Å². The van der Waals surface area contributed by atoms with E-state index in [2.05, 4.69) is 15.3 Å². The van der Waals surface area contributed by atoms with Gasteiger partial charge < -0.3 is 15.2 Å². The average molecular weight is 415 g/mol. The third-order valence-corrected chi connectivity index (χ3v) is 5.50. The Balaban J connectivity index is 1.59. The molecular formula is C17H20F3N5O2S. The fourth-order valence-corrected chi connectivity index (χ4v) is 3.88. The highest BCUT2D eigenvalue weighted by atomic mass is 32.1. The highest BCUT2D eigenvalue weighted by molar-refractivity contribution is 7.17. The van der Waals surface area contributed by atoms with Crippen molar-refractivity contribution in [3.63, 3.8) is 0 Å². The number of aryl methyl sites for hydroxylation is 1. The summed E-state index contributed by atoms with van der Waals surface area (Å²) in [6.07, 6.45) is -1.73. The van der Waals surface area contributed by atoms with Crippen LogP contribution in [0, 0.1) is 6.92 Å². The first kappa shape index (κ1) is 20.2. The number of hydrogen-bond donors (Lipinski definition) is 2. The third kappa shape index (κ3) is 4.83. The minimum atomic E-state index is -4.22. The molecule has 11 heteroatoms. The summed E-state index contributed by atoms with van der Waals surface area (Å²) in [5.41, 5.74) is 1.44. The highest BCUT2D eigenvalue weighted by Gasteiger charge is 2.33. The molecule has 2 N–H and O–H groups in total. The maximum Gasteiger partial charge on any atom is 0.389 e. The molecule has 2 aromatic rings. The van der Waals surface area contributed by atoms with Gasteiger partial charge in [-0.15, -0.1) is 0 Å². The van der Waals surface area contributed by atoms with Crippen LogP contribution in [0.3, 0.4) is 0 Å². The lowest BCUT2D eigenvalue weighted by Crippen LogP contribution is -2.32. The molecule has 1 aliphatic rings. The number of nitrogens with zero attached hydrogens (tertiary/aromatic N) is 3. The Morgan fingerprint density at radius 2 is 2.18 bits per heavy atom. The molecule has 7 nitrogen and oxygen atoms in total. The second-order valence-corrected chi connectivity index (χ2v) is 7.43. The van der Waals surface area contributed by atoms with Gasteiger partial charge in [-0.2, -0.15) is 13.2 Å². The van der Waals surface area contributed by atoms with E-state index in [-0.39, 0.29) is 24.9 Å². The number of thiazole rings is 1. The molecule has 2 aromatic heterocycles. The molecular weight excluding hydrogens is 395 g/mol. The number of amides is 3. The Morgan fingerprint density at radius 3 is 2.86 bits per heavy atom. The van der Waals surface area contributed by atoms with Gasteiger partial charge in [0.25, 0.3) is 5.91 Å². The molecule has 1 fully saturated rings. The number of nitrogens with one attached hydrogen (secondary N) is 2. The van der Waals surface area contributed by atoms with Crippen molar-refractivity contribution in [2.24, 2.45) is 0 Å². The van der Waals surface area contributed by atoms with Crippen molar-refractivity contribution in [3.05, 3.63) is 34.6 Å². The lowest BCUT2D eigenvalue weighted by molar-refractivity contribution is -0.135. The minimum Gasteiger partial charge on any atom is -0.367 e. The second-order valence-electron chi connectivity index (χ2n) is 6.45. The zero-order valence-electron chi connectivity index (χ0n) is 15.2. The summed E-state index contributed by atoms with van der Waals surface area (Å²) in [6.45, 7) is 2.77. The van der Waals surface area contributed by atoms with E-state index in [1.54, 1.807) is 19.3 Å². The summed E-state index contributed by atoms with van der Waals surface area (Å²) >= 11 is 1.10. The van der Waals surface area contributed by atoms with Gasteiger partial charge in [-0.1, -0.05) is 11.3 Å². The van der Waals surface area contributed by atoms with Crippen LogP contribution in [0.4, 0.5) is 23.1 Å². The molecule has 3 amide bonds. The molecule has 3 rings (SSSR count). The number of carbonyl (C=O) groups excluding carboxylic acids is 2. The molecule has 0 aromatic carbocycles. The number of H-pyrrole nitrogens is 1. The van der Waals surface area contributed by atoms with E-state index in [1.165, 1.54) is 9.80 Å². The smallest absolute Gasteiger partial charge is 0.367 e. The number of aromatic amines is 1. The molecule has 0 unspecified atom stereocenters. The van der Waals surface area contributed by atoms with Gasteiger partial charge in [0.05, 0.1) is 5.69 Å². The van der Waals surface area contributed by atoms with E-state index >= 15 is 0 Å². The van der Waals surface area contributed by atoms with Crippen molar-refractivity contribution in [2.45, 2.75) is 32.5 Å². The van der Waals surface area contributed by atoms with E-state index in [1.807, 2.05) is 6.07 Å². The fraction of sp³-hybridized carbons (Fsp3) is 0.471. The van der Waals surface area contributed by atoms with Gasteiger partial charge in [-0.3, -0.25) is 9.69 Å². The van der Waals surface area contributed by atoms with E-state index in [0.29, 0.717) is 35.3 Å². The van der Waals surface area contributed by atoms with Crippen molar-refractivity contribution in [1.82, 2.24) is 20.2 Å². The number of anilines is 1. The molecule has 0 radical (unpaired) electrons. The van der Waals surface area contributed by atoms with Crippen LogP contribution >= 0.6 is 11.3 Å². The van der Waals surface area contributed by atoms with Crippen molar-refractivity contribution in [3.8, 4) is 0 Å². The largest absolute Gasteiger partial charge is 0.389 e. The van der Waals surface area contributed by atoms with Crippen LogP contribution < -0.4 is 10.2 Å². The number of aromatic nitrogens is 2. The van der Waals surface area contributed by atoms with Crippen LogP contribution in [0.2, 0.25) is 0 Å². The van der Waals surface area contributed by atoms with Crippen molar-refractivity contribution >= 4 is 28.4 Å². The molecule has 0 aliphatic carbocycles. The fourth-order valence-electron chi connectivity index (χ4n) is 2.88. The summed E-state index contributed by atoms with van der Waals surface area (Å²) in [4.78, 5) is 35.3. The van der Waals surface area contributed by atoms with Crippen molar-refractivity contribution in [1.29, 1.82) is 0 Å². The summed E-state index contributed by atoms with van der Waals surface area (Å²) in [5.74, 6) is -0.281. The van der Waals surface area contributed by atoms with Gasteiger partial charge >= 0.3 is 12.2 Å². The summed E-state index contributed by atoms with van der Waals surface area (Å²) in [7, 11) is 0. The van der Waals surface area contributed by atoms with Crippen LogP contribution in [0.5, 0.6) is 0 Å². The monoisotopic (exact) mass is 415 g/mol. The number of carbonyl (C=O) groups is 2. The Labute approximate surface area is 163 Å². The number of hydrogen-bond acceptors (Lipinski definition) is 4. The van der Waals surface area contributed by atoms with Crippen molar-refractivity contribution < 1.29 is 22.8 Å². The second kappa shape index (κ2) is 8.21. The van der Waals surface area contributed by atoms with Gasteiger partial charge in [0.15, 0.2) is 5.13 Å². The van der Waals surface area contributed by atoms with Crippen LogP contribution in [0.25, 0.3) is 0 Å². The first-order chi connectivity index (χ1) is 13.2. The maximum absolute atomic E-state index is 12.5. The predicted octanol–water partition coefficient (Wildman–Crippen LogP) is 3.29. The van der Waals surface area contributed by atoms with Crippen LogP contribution in [-0.4, -0.2) is 52.6 Å². The highest BCUT2D eigenvalue weighted by Crippen LogP contribution is 2.29. The normalized spacial score (nSPS) is 14.8. The first-order valence-corrected chi connectivity index (χ1v) is 9.57. The van der Waals surface area contributed by atoms with E-state index < -0.39 is 12.6 Å². The average Bonchev–Trinajstić information content (AvgIpc) is 3.33. The van der Waals surface area contributed by atoms with Gasteiger partial charge in [0.1, 0.15) is 4.88 Å². The molecule has 1 saturated heterocycles. The topological polar surface area (TPSA) is 81.3 Å². The minimum absolute atomic E-state index is 0.0448. The molecule has 0 atom stereocenters. The Hall–Kier alpha value is -2.56. The molecule has 0 spiro atoms. The number of halogens is 3. The van der Waals surface area contributed by atoms with Gasteiger partial charge in [0, 0.05) is 45.0 Å². The molecule has 1 aliphatic heterocycles. The van der Waals surface area contributed by atoms with E-state index in [4.69, 9.17) is 0 Å². The molecule has 3 heterocycles. The number of alkyl halides is 3. The van der Waals surface area contributed by atoms with E-state index in [0.717, 1.165) is 16.9 Å². The molecule has 0 saturated carbocycles. The lowest BCUT2D eigenvalue weighted by Gasteiger charge is -2.17. The summed E-state index contributed by atoms with van der Waals surface area (Å²) in [6, 6.07) is 1.47. The van der Waals surface area contributed by atoms with Gasteiger partial charge in [0.2, 0.25) is 0 Å². The van der Waals surface area contributed by atoms with Crippen LogP contribution in [0.15, 0.2) is 18.5 Å². The standard InChI is InChI=1S/C17H20F3N5O2S/c1-11-13(14(26)22-10-12-3-5-21-9-12)28-15(23-11)25-8-7-24(16(25)27)6-2-4-17(18,19)20/h3,5,9,21H,2,4,6-8,10H2,1H3,(H,22,26). The Kier molecular flexibility index (Phi) is 5.92. The molecule has 152 valence electrons. The molecule has 0 bridgehead atoms. The zero-order chi connectivity index (χ0) is 20.3. The van der Waals surface area contributed by atoms with Gasteiger partial charge in [-0.05, 0) is 25.0 Å². The quantitative estimate of drug-likeness (QED) is 0.728. The zero-order valence-corrected chi connectivity index (χ0v) is 16.0. The first-order valence-electron chi connectivity index (χ1n) is 8.75. The SMILES string of the molecule is Cc1nc(N2CCN(CCCC(F)(F)F)C2=O)sc1C(=O)NCc1cc[nH]c1. The summed E-state index contributed by atoms with van der Waals surface area (Å²) in [5, 5.41) is 3.18. The summed E-state index contributed by atoms with van der Waals surface area (Å²) < 4.78 is 36.8.